The Balaban J connectivity index is 1.71. The molecule has 24 heavy (non-hydrogen) atoms. The van der Waals surface area contributed by atoms with Crippen LogP contribution in [0.4, 0.5) is 0 Å². The first-order valence-corrected chi connectivity index (χ1v) is 7.44. The molecule has 124 valence electrons. The minimum atomic E-state index is -1.04. The lowest BCUT2D eigenvalue weighted by atomic mass is 10.1. The molecule has 2 heterocycles. The molecule has 7 heteroatoms. The first-order chi connectivity index (χ1) is 11.5. The molecule has 0 saturated carbocycles. The third-order valence-corrected chi connectivity index (χ3v) is 3.89. The molecule has 1 aromatic carbocycles. The molecule has 0 atom stereocenters. The van der Waals surface area contributed by atoms with Gasteiger partial charge >= 0.3 is 5.97 Å². The Morgan fingerprint density at radius 1 is 1.33 bits per heavy atom. The van der Waals surface area contributed by atoms with Crippen molar-refractivity contribution in [1.29, 1.82) is 0 Å². The summed E-state index contributed by atoms with van der Waals surface area (Å²) in [5, 5.41) is 17.0. The number of carbonyl (C=O) groups excluding carboxylic acids is 1. The second-order valence-corrected chi connectivity index (χ2v) is 5.63. The molecule has 0 radical (unpaired) electrons. The summed E-state index contributed by atoms with van der Waals surface area (Å²) >= 11 is 0. The number of fused-ring (bicyclic) bond motifs is 1. The summed E-state index contributed by atoms with van der Waals surface area (Å²) in [7, 11) is 1.65. The van der Waals surface area contributed by atoms with Crippen molar-refractivity contribution in [3.8, 4) is 0 Å². The number of hydrogen-bond acceptors (Lipinski definition) is 4. The number of likely N-dealkylation sites (N-methyl/N-ethyl adjacent to an activating group) is 1. The van der Waals surface area contributed by atoms with E-state index in [0.717, 1.165) is 16.6 Å². The SMILES string of the molecule is Cc1oc(CN(C)C(=O)Cc2[nH]nc3ccccc23)cc1C(=O)O. The first kappa shape index (κ1) is 15.8. The van der Waals surface area contributed by atoms with E-state index in [0.29, 0.717) is 11.5 Å². The average molecular weight is 327 g/mol. The predicted molar refractivity (Wildman–Crippen MR) is 86.7 cm³/mol. The standard InChI is InChI=1S/C17H17N3O4/c1-10-13(17(22)23)7-11(24-10)9-20(2)16(21)8-15-12-5-3-4-6-14(12)18-19-15/h3-7H,8-9H2,1-2H3,(H,18,19)(H,22,23). The number of aromatic amines is 1. The fourth-order valence-electron chi connectivity index (χ4n) is 2.59. The number of aromatic nitrogens is 2. The smallest absolute Gasteiger partial charge is 0.339 e. The van der Waals surface area contributed by atoms with Gasteiger partial charge in [-0.15, -0.1) is 0 Å². The monoisotopic (exact) mass is 327 g/mol. The van der Waals surface area contributed by atoms with E-state index in [1.165, 1.54) is 11.0 Å². The largest absolute Gasteiger partial charge is 0.478 e. The van der Waals surface area contributed by atoms with Gasteiger partial charge in [-0.05, 0) is 19.1 Å². The van der Waals surface area contributed by atoms with Gasteiger partial charge in [0, 0.05) is 12.4 Å². The first-order valence-electron chi connectivity index (χ1n) is 7.44. The van der Waals surface area contributed by atoms with E-state index >= 15 is 0 Å². The molecule has 0 bridgehead atoms. The van der Waals surface area contributed by atoms with Gasteiger partial charge in [-0.2, -0.15) is 5.10 Å². The van der Waals surface area contributed by atoms with Crippen molar-refractivity contribution in [1.82, 2.24) is 15.1 Å². The number of benzene rings is 1. The lowest BCUT2D eigenvalue weighted by Gasteiger charge is -2.15. The molecule has 0 spiro atoms. The maximum Gasteiger partial charge on any atom is 0.339 e. The number of aromatic carboxylic acids is 1. The summed E-state index contributed by atoms with van der Waals surface area (Å²) in [4.78, 5) is 24.9. The molecule has 2 N–H and O–H groups in total. The van der Waals surface area contributed by atoms with Gasteiger partial charge in [-0.3, -0.25) is 9.89 Å². The molecule has 0 fully saturated rings. The second kappa shape index (κ2) is 6.19. The van der Waals surface area contributed by atoms with Crippen molar-refractivity contribution in [2.45, 2.75) is 19.9 Å². The highest BCUT2D eigenvalue weighted by Gasteiger charge is 2.18. The van der Waals surface area contributed by atoms with Crippen molar-refractivity contribution < 1.29 is 19.1 Å². The summed E-state index contributed by atoms with van der Waals surface area (Å²) in [5.74, 6) is -0.385. The predicted octanol–water partition coefficient (Wildman–Crippen LogP) is 2.36. The van der Waals surface area contributed by atoms with Gasteiger partial charge in [0.15, 0.2) is 0 Å². The Kier molecular flexibility index (Phi) is 4.07. The number of rotatable bonds is 5. The Bertz CT molecular complexity index is 910. The molecule has 0 aliphatic heterocycles. The van der Waals surface area contributed by atoms with Gasteiger partial charge in [0.1, 0.15) is 17.1 Å². The molecule has 7 nitrogen and oxygen atoms in total. The van der Waals surface area contributed by atoms with Gasteiger partial charge in [-0.25, -0.2) is 4.79 Å². The van der Waals surface area contributed by atoms with E-state index in [1.807, 2.05) is 24.3 Å². The normalized spacial score (nSPS) is 10.9. The van der Waals surface area contributed by atoms with Crippen LogP contribution in [0.25, 0.3) is 10.9 Å². The molecule has 2 aromatic heterocycles. The number of nitrogens with zero attached hydrogens (tertiary/aromatic N) is 2. The minimum absolute atomic E-state index is 0.115. The zero-order chi connectivity index (χ0) is 17.3. The van der Waals surface area contributed by atoms with E-state index in [1.54, 1.807) is 14.0 Å². The van der Waals surface area contributed by atoms with Crippen molar-refractivity contribution in [2.75, 3.05) is 7.05 Å². The average Bonchev–Trinajstić information content (AvgIpc) is 3.11. The van der Waals surface area contributed by atoms with Crippen LogP contribution >= 0.6 is 0 Å². The molecular weight excluding hydrogens is 310 g/mol. The third kappa shape index (κ3) is 3.01. The van der Waals surface area contributed by atoms with Crippen LogP contribution in [-0.2, 0) is 17.8 Å². The summed E-state index contributed by atoms with van der Waals surface area (Å²) in [6.07, 6.45) is 0.183. The van der Waals surface area contributed by atoms with E-state index in [4.69, 9.17) is 9.52 Å². The zero-order valence-corrected chi connectivity index (χ0v) is 13.4. The molecule has 0 aliphatic carbocycles. The quantitative estimate of drug-likeness (QED) is 0.749. The van der Waals surface area contributed by atoms with Crippen LogP contribution in [0.15, 0.2) is 34.7 Å². The number of carboxylic acids is 1. The molecule has 3 rings (SSSR count). The van der Waals surface area contributed by atoms with Crippen LogP contribution < -0.4 is 0 Å². The number of carboxylic acid groups (broad SMARTS) is 1. The van der Waals surface area contributed by atoms with Crippen LogP contribution in [0.2, 0.25) is 0 Å². The van der Waals surface area contributed by atoms with Crippen LogP contribution in [0.5, 0.6) is 0 Å². The molecular formula is C17H17N3O4. The molecule has 3 aromatic rings. The number of hydrogen-bond donors (Lipinski definition) is 2. The minimum Gasteiger partial charge on any atom is -0.478 e. The highest BCUT2D eigenvalue weighted by molar-refractivity contribution is 5.89. The molecule has 0 unspecified atom stereocenters. The fourth-order valence-corrected chi connectivity index (χ4v) is 2.59. The van der Waals surface area contributed by atoms with Gasteiger partial charge in [0.2, 0.25) is 5.91 Å². The van der Waals surface area contributed by atoms with Crippen LogP contribution in [0.3, 0.4) is 0 Å². The topological polar surface area (TPSA) is 99.4 Å². The Morgan fingerprint density at radius 3 is 2.79 bits per heavy atom. The second-order valence-electron chi connectivity index (χ2n) is 5.63. The fraction of sp³-hybridized carbons (Fsp3) is 0.235. The van der Waals surface area contributed by atoms with Gasteiger partial charge in [-0.1, -0.05) is 18.2 Å². The van der Waals surface area contributed by atoms with E-state index in [9.17, 15) is 9.59 Å². The van der Waals surface area contributed by atoms with Crippen molar-refractivity contribution in [2.24, 2.45) is 0 Å². The van der Waals surface area contributed by atoms with E-state index < -0.39 is 5.97 Å². The third-order valence-electron chi connectivity index (χ3n) is 3.89. The van der Waals surface area contributed by atoms with Gasteiger partial charge in [0.05, 0.1) is 24.2 Å². The lowest BCUT2D eigenvalue weighted by molar-refractivity contribution is -0.129. The Hall–Kier alpha value is -3.09. The Morgan fingerprint density at radius 2 is 2.08 bits per heavy atom. The number of amides is 1. The summed E-state index contributed by atoms with van der Waals surface area (Å²) in [6.45, 7) is 1.80. The van der Waals surface area contributed by atoms with Crippen molar-refractivity contribution in [3.05, 3.63) is 53.1 Å². The van der Waals surface area contributed by atoms with Crippen LogP contribution in [-0.4, -0.2) is 39.1 Å². The highest BCUT2D eigenvalue weighted by atomic mass is 16.4. The summed E-state index contributed by atoms with van der Waals surface area (Å²) < 4.78 is 5.41. The Labute approximate surface area is 137 Å². The van der Waals surface area contributed by atoms with Crippen molar-refractivity contribution >= 4 is 22.8 Å². The summed E-state index contributed by atoms with van der Waals surface area (Å²) in [6, 6.07) is 9.03. The number of para-hydroxylation sites is 1. The number of furan rings is 1. The maximum atomic E-state index is 12.4. The van der Waals surface area contributed by atoms with E-state index in [2.05, 4.69) is 10.2 Å². The highest BCUT2D eigenvalue weighted by Crippen LogP contribution is 2.18. The maximum absolute atomic E-state index is 12.4. The summed E-state index contributed by atoms with van der Waals surface area (Å²) in [5.41, 5.74) is 1.69. The van der Waals surface area contributed by atoms with E-state index in [-0.39, 0.29) is 24.4 Å². The zero-order valence-electron chi connectivity index (χ0n) is 13.4. The number of aryl methyl sites for hydroxylation is 1. The van der Waals surface area contributed by atoms with Gasteiger partial charge in [0.25, 0.3) is 0 Å². The molecule has 0 aliphatic rings. The van der Waals surface area contributed by atoms with Crippen LogP contribution in [0, 0.1) is 6.92 Å². The molecule has 0 saturated heterocycles. The van der Waals surface area contributed by atoms with Gasteiger partial charge < -0.3 is 14.4 Å². The van der Waals surface area contributed by atoms with Crippen LogP contribution in [0.1, 0.15) is 27.6 Å². The number of carbonyl (C=O) groups is 2. The lowest BCUT2D eigenvalue weighted by Crippen LogP contribution is -2.27. The number of nitrogens with one attached hydrogen (secondary N) is 1. The van der Waals surface area contributed by atoms with Crippen molar-refractivity contribution in [3.63, 3.8) is 0 Å². The number of H-pyrrole nitrogens is 1. The molecule has 1 amide bonds.